The number of benzene rings is 1. The molecule has 2 rings (SSSR count). The minimum atomic E-state index is -0.894. The molecule has 104 valence electrons. The predicted octanol–water partition coefficient (Wildman–Crippen LogP) is 1.47. The fourth-order valence-corrected chi connectivity index (χ4v) is 2.67. The van der Waals surface area contributed by atoms with Crippen LogP contribution in [0.15, 0.2) is 28.7 Å². The Labute approximate surface area is 122 Å². The second-order valence-corrected chi connectivity index (χ2v) is 5.72. The first-order valence-corrected chi connectivity index (χ1v) is 7.30. The highest BCUT2D eigenvalue weighted by Crippen LogP contribution is 2.18. The average molecular weight is 327 g/mol. The van der Waals surface area contributed by atoms with E-state index < -0.39 is 6.10 Å². The molecule has 1 aliphatic rings. The average Bonchev–Trinajstić information content (AvgIpc) is 2.41. The molecule has 1 aromatic carbocycles. The van der Waals surface area contributed by atoms with E-state index in [1.54, 1.807) is 4.90 Å². The van der Waals surface area contributed by atoms with E-state index in [9.17, 15) is 9.90 Å². The number of aliphatic hydroxyl groups is 1. The van der Waals surface area contributed by atoms with Crippen molar-refractivity contribution in [2.24, 2.45) is 0 Å². The van der Waals surface area contributed by atoms with Crippen LogP contribution in [0.25, 0.3) is 0 Å². The van der Waals surface area contributed by atoms with Crippen molar-refractivity contribution in [3.8, 4) is 0 Å². The van der Waals surface area contributed by atoms with Crippen molar-refractivity contribution in [3.63, 3.8) is 0 Å². The smallest absolute Gasteiger partial charge is 0.251 e. The molecule has 0 bridgehead atoms. The van der Waals surface area contributed by atoms with Crippen molar-refractivity contribution >= 4 is 21.8 Å². The van der Waals surface area contributed by atoms with E-state index >= 15 is 0 Å². The Kier molecular flexibility index (Phi) is 4.96. The molecular weight excluding hydrogens is 308 g/mol. The molecule has 1 heterocycles. The van der Waals surface area contributed by atoms with Crippen molar-refractivity contribution in [1.82, 2.24) is 9.80 Å². The summed E-state index contributed by atoms with van der Waals surface area (Å²) in [6.07, 6.45) is -0.894. The molecule has 19 heavy (non-hydrogen) atoms. The van der Waals surface area contributed by atoms with Gasteiger partial charge >= 0.3 is 0 Å². The lowest BCUT2D eigenvalue weighted by atomic mass is 10.2. The molecule has 1 aromatic rings. The first-order chi connectivity index (χ1) is 9.08. The number of halogens is 1. The fraction of sp³-hybridized carbons (Fsp3) is 0.500. The molecule has 0 aliphatic carbocycles. The summed E-state index contributed by atoms with van der Waals surface area (Å²) in [5.74, 6) is -0.166. The Morgan fingerprint density at radius 3 is 2.53 bits per heavy atom. The number of rotatable bonds is 3. The Morgan fingerprint density at radius 2 is 1.95 bits per heavy atom. The molecule has 0 radical (unpaired) electrons. The normalized spacial score (nSPS) is 18.4. The van der Waals surface area contributed by atoms with Gasteiger partial charge in [-0.2, -0.15) is 0 Å². The summed E-state index contributed by atoms with van der Waals surface area (Å²) in [7, 11) is 0. The standard InChI is InChI=1S/C14H19BrN2O2/c1-11(18)14(19)17-8-6-16(7-9-17)10-12-4-2-3-5-13(12)15/h2-5,11,18H,6-10H2,1H3. The van der Waals surface area contributed by atoms with Gasteiger partial charge in [0.25, 0.3) is 5.91 Å². The molecule has 1 aliphatic heterocycles. The second-order valence-electron chi connectivity index (χ2n) is 4.87. The number of amides is 1. The predicted molar refractivity (Wildman–Crippen MR) is 77.7 cm³/mol. The zero-order valence-electron chi connectivity index (χ0n) is 11.1. The van der Waals surface area contributed by atoms with Gasteiger partial charge in [-0.25, -0.2) is 0 Å². The number of hydrogen-bond acceptors (Lipinski definition) is 3. The SMILES string of the molecule is CC(O)C(=O)N1CCN(Cc2ccccc2Br)CC1. The summed E-state index contributed by atoms with van der Waals surface area (Å²) in [4.78, 5) is 15.7. The second kappa shape index (κ2) is 6.50. The Balaban J connectivity index is 1.87. The molecule has 5 heteroatoms. The van der Waals surface area contributed by atoms with Crippen LogP contribution in [-0.4, -0.2) is 53.1 Å². The van der Waals surface area contributed by atoms with Crippen molar-refractivity contribution < 1.29 is 9.90 Å². The van der Waals surface area contributed by atoms with Crippen LogP contribution in [0.1, 0.15) is 12.5 Å². The maximum absolute atomic E-state index is 11.7. The summed E-state index contributed by atoms with van der Waals surface area (Å²) < 4.78 is 1.12. The van der Waals surface area contributed by atoms with E-state index in [1.165, 1.54) is 12.5 Å². The van der Waals surface area contributed by atoms with E-state index in [0.717, 1.165) is 24.1 Å². The molecule has 1 unspecified atom stereocenters. The summed E-state index contributed by atoms with van der Waals surface area (Å²) in [6.45, 7) is 5.48. The molecule has 1 fully saturated rings. The topological polar surface area (TPSA) is 43.8 Å². The van der Waals surface area contributed by atoms with Crippen LogP contribution in [0.3, 0.4) is 0 Å². The van der Waals surface area contributed by atoms with Gasteiger partial charge in [0.2, 0.25) is 0 Å². The van der Waals surface area contributed by atoms with Gasteiger partial charge in [0.15, 0.2) is 0 Å². The maximum atomic E-state index is 11.7. The van der Waals surface area contributed by atoms with Crippen LogP contribution in [0, 0.1) is 0 Å². The molecule has 1 saturated heterocycles. The third-order valence-corrected chi connectivity index (χ3v) is 4.17. The molecular formula is C14H19BrN2O2. The van der Waals surface area contributed by atoms with Gasteiger partial charge in [-0.3, -0.25) is 9.69 Å². The van der Waals surface area contributed by atoms with Crippen LogP contribution < -0.4 is 0 Å². The van der Waals surface area contributed by atoms with Crippen LogP contribution in [-0.2, 0) is 11.3 Å². The number of hydrogen-bond donors (Lipinski definition) is 1. The van der Waals surface area contributed by atoms with E-state index in [4.69, 9.17) is 0 Å². The number of nitrogens with zero attached hydrogens (tertiary/aromatic N) is 2. The monoisotopic (exact) mass is 326 g/mol. The third kappa shape index (κ3) is 3.78. The zero-order valence-corrected chi connectivity index (χ0v) is 12.6. The third-order valence-electron chi connectivity index (χ3n) is 3.39. The minimum absolute atomic E-state index is 0.166. The fourth-order valence-electron chi connectivity index (χ4n) is 2.26. The highest BCUT2D eigenvalue weighted by atomic mass is 79.9. The lowest BCUT2D eigenvalue weighted by Gasteiger charge is -2.35. The molecule has 1 atom stereocenters. The summed E-state index contributed by atoms with van der Waals surface area (Å²) in [5, 5.41) is 9.30. The lowest BCUT2D eigenvalue weighted by Crippen LogP contribution is -2.50. The van der Waals surface area contributed by atoms with Gasteiger partial charge in [-0.1, -0.05) is 34.1 Å². The first kappa shape index (κ1) is 14.5. The van der Waals surface area contributed by atoms with Crippen LogP contribution >= 0.6 is 15.9 Å². The van der Waals surface area contributed by atoms with E-state index in [-0.39, 0.29) is 5.91 Å². The van der Waals surface area contributed by atoms with Gasteiger partial charge < -0.3 is 10.0 Å². The van der Waals surface area contributed by atoms with E-state index in [1.807, 2.05) is 18.2 Å². The van der Waals surface area contributed by atoms with Gasteiger partial charge in [0, 0.05) is 37.2 Å². The quantitative estimate of drug-likeness (QED) is 0.914. The zero-order chi connectivity index (χ0) is 13.8. The first-order valence-electron chi connectivity index (χ1n) is 6.50. The molecule has 1 N–H and O–H groups in total. The van der Waals surface area contributed by atoms with Crippen LogP contribution in [0.4, 0.5) is 0 Å². The molecule has 0 aromatic heterocycles. The maximum Gasteiger partial charge on any atom is 0.251 e. The summed E-state index contributed by atoms with van der Waals surface area (Å²) in [5.41, 5.74) is 1.26. The number of carbonyl (C=O) groups excluding carboxylic acids is 1. The molecule has 0 saturated carbocycles. The highest BCUT2D eigenvalue weighted by Gasteiger charge is 2.23. The largest absolute Gasteiger partial charge is 0.384 e. The number of carbonyl (C=O) groups is 1. The Morgan fingerprint density at radius 1 is 1.32 bits per heavy atom. The van der Waals surface area contributed by atoms with Gasteiger partial charge in [-0.05, 0) is 18.6 Å². The van der Waals surface area contributed by atoms with Gasteiger partial charge in [0.1, 0.15) is 6.10 Å². The van der Waals surface area contributed by atoms with E-state index in [2.05, 4.69) is 26.9 Å². The molecule has 0 spiro atoms. The van der Waals surface area contributed by atoms with Gasteiger partial charge in [0.05, 0.1) is 0 Å². The number of aliphatic hydroxyl groups excluding tert-OH is 1. The van der Waals surface area contributed by atoms with Crippen molar-refractivity contribution in [2.75, 3.05) is 26.2 Å². The van der Waals surface area contributed by atoms with Crippen LogP contribution in [0.5, 0.6) is 0 Å². The van der Waals surface area contributed by atoms with Gasteiger partial charge in [-0.15, -0.1) is 0 Å². The van der Waals surface area contributed by atoms with E-state index in [0.29, 0.717) is 13.1 Å². The molecule has 4 nitrogen and oxygen atoms in total. The molecule has 1 amide bonds. The van der Waals surface area contributed by atoms with Crippen LogP contribution in [0.2, 0.25) is 0 Å². The van der Waals surface area contributed by atoms with Crippen molar-refractivity contribution in [2.45, 2.75) is 19.6 Å². The Hall–Kier alpha value is -0.910. The lowest BCUT2D eigenvalue weighted by molar-refractivity contribution is -0.141. The van der Waals surface area contributed by atoms with Crippen molar-refractivity contribution in [3.05, 3.63) is 34.3 Å². The number of piperazine rings is 1. The summed E-state index contributed by atoms with van der Waals surface area (Å²) >= 11 is 3.55. The summed E-state index contributed by atoms with van der Waals surface area (Å²) in [6, 6.07) is 8.19. The Bertz CT molecular complexity index is 443. The highest BCUT2D eigenvalue weighted by molar-refractivity contribution is 9.10. The van der Waals surface area contributed by atoms with Crippen molar-refractivity contribution in [1.29, 1.82) is 0 Å². The minimum Gasteiger partial charge on any atom is -0.384 e.